The Balaban J connectivity index is 0.00000320. The van der Waals surface area contributed by atoms with Crippen LogP contribution in [0.5, 0.6) is 5.75 Å². The smallest absolute Gasteiger partial charge is 0.241 e. The van der Waals surface area contributed by atoms with Gasteiger partial charge in [0.2, 0.25) is 11.8 Å². The largest absolute Gasteiger partial charge is 0.495 e. The Kier molecular flexibility index (Phi) is 8.23. The van der Waals surface area contributed by atoms with Gasteiger partial charge in [-0.05, 0) is 30.7 Å². The summed E-state index contributed by atoms with van der Waals surface area (Å²) in [5, 5.41) is 5.63. The number of ether oxygens (including phenoxy) is 1. The molecule has 1 heterocycles. The average Bonchev–Trinajstić information content (AvgIpc) is 3.09. The van der Waals surface area contributed by atoms with Crippen molar-refractivity contribution in [1.29, 1.82) is 0 Å². The van der Waals surface area contributed by atoms with Crippen molar-refractivity contribution in [3.05, 3.63) is 54.1 Å². The second-order valence-corrected chi connectivity index (χ2v) is 7.40. The third-order valence-electron chi connectivity index (χ3n) is 5.33. The maximum absolute atomic E-state index is 12.9. The van der Waals surface area contributed by atoms with Crippen LogP contribution in [0, 0.1) is 0 Å². The van der Waals surface area contributed by atoms with E-state index in [-0.39, 0.29) is 42.2 Å². The molecule has 0 aromatic heterocycles. The molecule has 2 amide bonds. The molecule has 0 radical (unpaired) electrons. The first-order valence-electron chi connectivity index (χ1n) is 9.70. The molecule has 0 saturated carbocycles. The molecular formula is C22H29ClN4O3. The number of nitrogens with one attached hydrogen (secondary N) is 2. The van der Waals surface area contributed by atoms with Crippen molar-refractivity contribution >= 4 is 35.6 Å². The van der Waals surface area contributed by atoms with Gasteiger partial charge in [-0.1, -0.05) is 30.3 Å². The van der Waals surface area contributed by atoms with Crippen LogP contribution in [0.1, 0.15) is 25.3 Å². The van der Waals surface area contributed by atoms with Gasteiger partial charge in [0.15, 0.2) is 0 Å². The Labute approximate surface area is 183 Å². The fourth-order valence-electron chi connectivity index (χ4n) is 3.72. The molecule has 1 aliphatic heterocycles. The molecule has 2 aromatic carbocycles. The Morgan fingerprint density at radius 2 is 1.83 bits per heavy atom. The maximum Gasteiger partial charge on any atom is 0.241 e. The first-order chi connectivity index (χ1) is 13.9. The van der Waals surface area contributed by atoms with Crippen LogP contribution in [0.4, 0.5) is 11.4 Å². The van der Waals surface area contributed by atoms with Gasteiger partial charge >= 0.3 is 0 Å². The molecule has 30 heavy (non-hydrogen) atoms. The summed E-state index contributed by atoms with van der Waals surface area (Å²) in [4.78, 5) is 26.3. The third kappa shape index (κ3) is 5.50. The van der Waals surface area contributed by atoms with Crippen LogP contribution < -0.4 is 21.1 Å². The lowest BCUT2D eigenvalue weighted by Gasteiger charge is -2.24. The lowest BCUT2D eigenvalue weighted by molar-refractivity contribution is -0.120. The van der Waals surface area contributed by atoms with E-state index in [0.29, 0.717) is 23.7 Å². The monoisotopic (exact) mass is 432 g/mol. The molecule has 0 bridgehead atoms. The van der Waals surface area contributed by atoms with Crippen LogP contribution in [0.15, 0.2) is 48.5 Å². The summed E-state index contributed by atoms with van der Waals surface area (Å²) in [7, 11) is 1.54. The van der Waals surface area contributed by atoms with Crippen LogP contribution in [0.3, 0.4) is 0 Å². The number of halogens is 1. The van der Waals surface area contributed by atoms with Crippen molar-refractivity contribution in [3.8, 4) is 5.75 Å². The number of carbonyl (C=O) groups excluding carboxylic acids is 2. The van der Waals surface area contributed by atoms with E-state index in [1.807, 2.05) is 25.1 Å². The van der Waals surface area contributed by atoms with Crippen LogP contribution in [-0.2, 0) is 9.59 Å². The molecule has 4 N–H and O–H groups in total. The van der Waals surface area contributed by atoms with Gasteiger partial charge in [-0.15, -0.1) is 12.4 Å². The van der Waals surface area contributed by atoms with Gasteiger partial charge in [0.05, 0.1) is 18.8 Å². The first kappa shape index (κ1) is 23.7. The van der Waals surface area contributed by atoms with Gasteiger partial charge in [0.1, 0.15) is 5.75 Å². The number of likely N-dealkylation sites (tertiary alicyclic amines) is 1. The van der Waals surface area contributed by atoms with E-state index in [1.54, 1.807) is 18.2 Å². The molecule has 2 aromatic rings. The Morgan fingerprint density at radius 1 is 1.13 bits per heavy atom. The van der Waals surface area contributed by atoms with Crippen LogP contribution >= 0.6 is 12.4 Å². The number of amides is 2. The summed E-state index contributed by atoms with van der Waals surface area (Å²) >= 11 is 0. The fourth-order valence-corrected chi connectivity index (χ4v) is 3.72. The number of benzene rings is 2. The minimum atomic E-state index is -0.358. The molecule has 1 aliphatic rings. The highest BCUT2D eigenvalue weighted by molar-refractivity contribution is 5.97. The number of nitrogens with two attached hydrogens (primary N) is 1. The van der Waals surface area contributed by atoms with Crippen LogP contribution in [0.25, 0.3) is 0 Å². The highest BCUT2D eigenvalue weighted by Gasteiger charge is 2.35. The number of carbonyl (C=O) groups is 2. The summed E-state index contributed by atoms with van der Waals surface area (Å²) in [5.74, 6) is 0.395. The van der Waals surface area contributed by atoms with E-state index in [4.69, 9.17) is 10.5 Å². The number of rotatable bonds is 6. The van der Waals surface area contributed by atoms with Gasteiger partial charge in [0, 0.05) is 37.7 Å². The predicted molar refractivity (Wildman–Crippen MR) is 121 cm³/mol. The van der Waals surface area contributed by atoms with Crippen molar-refractivity contribution in [2.45, 2.75) is 31.8 Å². The minimum absolute atomic E-state index is 0. The summed E-state index contributed by atoms with van der Waals surface area (Å²) in [6.07, 6.45) is 0. The molecule has 7 nitrogen and oxygen atoms in total. The van der Waals surface area contributed by atoms with Crippen molar-refractivity contribution in [2.24, 2.45) is 5.73 Å². The standard InChI is InChI=1S/C22H28N4O3.ClH/c1-14(26-12-18(19(23)13-26)16-7-5-4-6-8-16)22(28)25-20-11-17(24-15(2)27)9-10-21(20)29-3;/h4-11,14,18-19H,12-13,23H2,1-3H3,(H,24,27)(H,25,28);1H/t14?,18-,19+;/m0./s1. The second kappa shape index (κ2) is 10.4. The lowest BCUT2D eigenvalue weighted by atomic mass is 9.95. The summed E-state index contributed by atoms with van der Waals surface area (Å²) in [6.45, 7) is 4.68. The molecular weight excluding hydrogens is 404 g/mol. The van der Waals surface area contributed by atoms with Crippen molar-refractivity contribution in [1.82, 2.24) is 4.90 Å². The van der Waals surface area contributed by atoms with Gasteiger partial charge < -0.3 is 21.1 Å². The van der Waals surface area contributed by atoms with Crippen LogP contribution in [0.2, 0.25) is 0 Å². The molecule has 3 rings (SSSR count). The number of hydrogen-bond acceptors (Lipinski definition) is 5. The van der Waals surface area contributed by atoms with Gasteiger partial charge in [-0.2, -0.15) is 0 Å². The van der Waals surface area contributed by atoms with Crippen molar-refractivity contribution in [2.75, 3.05) is 30.8 Å². The molecule has 162 valence electrons. The zero-order valence-electron chi connectivity index (χ0n) is 17.4. The number of methoxy groups -OCH3 is 1. The lowest BCUT2D eigenvalue weighted by Crippen LogP contribution is -2.41. The fraction of sp³-hybridized carbons (Fsp3) is 0.364. The Bertz CT molecular complexity index is 878. The summed E-state index contributed by atoms with van der Waals surface area (Å²) in [6, 6.07) is 14.9. The Hall–Kier alpha value is -2.61. The number of anilines is 2. The van der Waals surface area contributed by atoms with Crippen molar-refractivity contribution in [3.63, 3.8) is 0 Å². The van der Waals surface area contributed by atoms with E-state index in [0.717, 1.165) is 6.54 Å². The number of nitrogens with zero attached hydrogens (tertiary/aromatic N) is 1. The van der Waals surface area contributed by atoms with E-state index in [9.17, 15) is 9.59 Å². The zero-order chi connectivity index (χ0) is 21.0. The van der Waals surface area contributed by atoms with E-state index in [1.165, 1.54) is 19.6 Å². The predicted octanol–water partition coefficient (Wildman–Crippen LogP) is 2.83. The molecule has 0 aliphatic carbocycles. The third-order valence-corrected chi connectivity index (χ3v) is 5.33. The quantitative estimate of drug-likeness (QED) is 0.652. The SMILES string of the molecule is COc1ccc(NC(C)=O)cc1NC(=O)C(C)N1C[C@@H](N)[C@H](c2ccccc2)C1.Cl. The van der Waals surface area contributed by atoms with E-state index < -0.39 is 0 Å². The summed E-state index contributed by atoms with van der Waals surface area (Å²) in [5.41, 5.74) is 8.67. The summed E-state index contributed by atoms with van der Waals surface area (Å²) < 4.78 is 5.34. The van der Waals surface area contributed by atoms with Gasteiger partial charge in [0.25, 0.3) is 0 Å². The zero-order valence-corrected chi connectivity index (χ0v) is 18.2. The molecule has 8 heteroatoms. The van der Waals surface area contributed by atoms with Gasteiger partial charge in [-0.25, -0.2) is 0 Å². The maximum atomic E-state index is 12.9. The topological polar surface area (TPSA) is 96.7 Å². The highest BCUT2D eigenvalue weighted by Crippen LogP contribution is 2.30. The van der Waals surface area contributed by atoms with Crippen LogP contribution in [-0.4, -0.2) is 49.0 Å². The molecule has 1 unspecified atom stereocenters. The molecule has 3 atom stereocenters. The molecule has 1 saturated heterocycles. The minimum Gasteiger partial charge on any atom is -0.495 e. The van der Waals surface area contributed by atoms with Crippen molar-refractivity contribution < 1.29 is 14.3 Å². The normalized spacial score (nSPS) is 19.5. The Morgan fingerprint density at radius 3 is 2.47 bits per heavy atom. The molecule has 1 fully saturated rings. The number of hydrogen-bond donors (Lipinski definition) is 3. The van der Waals surface area contributed by atoms with E-state index >= 15 is 0 Å². The highest BCUT2D eigenvalue weighted by atomic mass is 35.5. The van der Waals surface area contributed by atoms with Gasteiger partial charge in [-0.3, -0.25) is 14.5 Å². The average molecular weight is 433 g/mol. The van der Waals surface area contributed by atoms with E-state index in [2.05, 4.69) is 27.7 Å². The second-order valence-electron chi connectivity index (χ2n) is 7.40. The molecule has 0 spiro atoms. The first-order valence-corrected chi connectivity index (χ1v) is 9.70.